The molecule has 1 aromatic rings. The molecule has 1 aromatic carbocycles. The van der Waals surface area contributed by atoms with Crippen LogP contribution in [0.3, 0.4) is 0 Å². The maximum atomic E-state index is 9.09. The summed E-state index contributed by atoms with van der Waals surface area (Å²) in [5, 5.41) is 9.09. The summed E-state index contributed by atoms with van der Waals surface area (Å²) in [7, 11) is 0. The Labute approximate surface area is 112 Å². The van der Waals surface area contributed by atoms with Crippen molar-refractivity contribution in [3.63, 3.8) is 0 Å². The van der Waals surface area contributed by atoms with E-state index in [1.165, 1.54) is 0 Å². The van der Waals surface area contributed by atoms with Gasteiger partial charge in [0, 0.05) is 12.5 Å². The first kappa shape index (κ1) is 12.6. The van der Waals surface area contributed by atoms with Gasteiger partial charge in [0.2, 0.25) is 0 Å². The summed E-state index contributed by atoms with van der Waals surface area (Å²) in [4.78, 5) is 0. The second-order valence-corrected chi connectivity index (χ2v) is 4.76. The van der Waals surface area contributed by atoms with E-state index in [9.17, 15) is 0 Å². The lowest BCUT2D eigenvalue weighted by Crippen LogP contribution is -2.32. The number of rotatable bonds is 3. The van der Waals surface area contributed by atoms with Crippen molar-refractivity contribution in [3.8, 4) is 17.2 Å². The van der Waals surface area contributed by atoms with Gasteiger partial charge in [-0.2, -0.15) is 0 Å². The SMILES string of the molecule is OC[C@H]1COc2ccc(OC3CCCCO3)cc2O1. The summed E-state index contributed by atoms with van der Waals surface area (Å²) in [6.07, 6.45) is 2.65. The fourth-order valence-corrected chi connectivity index (χ4v) is 2.22. The van der Waals surface area contributed by atoms with E-state index < -0.39 is 0 Å². The van der Waals surface area contributed by atoms with Crippen molar-refractivity contribution in [3.05, 3.63) is 18.2 Å². The van der Waals surface area contributed by atoms with Crippen LogP contribution in [0.25, 0.3) is 0 Å². The molecule has 0 amide bonds. The Morgan fingerprint density at radius 1 is 1.26 bits per heavy atom. The molecule has 3 rings (SSSR count). The van der Waals surface area contributed by atoms with Gasteiger partial charge in [-0.15, -0.1) is 0 Å². The van der Waals surface area contributed by atoms with Crippen LogP contribution in [-0.4, -0.2) is 37.3 Å². The van der Waals surface area contributed by atoms with E-state index in [1.807, 2.05) is 12.1 Å². The van der Waals surface area contributed by atoms with Crippen LogP contribution in [0.15, 0.2) is 18.2 Å². The van der Waals surface area contributed by atoms with Crippen LogP contribution in [0.1, 0.15) is 19.3 Å². The molecule has 0 radical (unpaired) electrons. The molecule has 0 aromatic heterocycles. The minimum absolute atomic E-state index is 0.0593. The molecular weight excluding hydrogens is 248 g/mol. The summed E-state index contributed by atoms with van der Waals surface area (Å²) in [6.45, 7) is 1.06. The van der Waals surface area contributed by atoms with Crippen molar-refractivity contribution >= 4 is 0 Å². The van der Waals surface area contributed by atoms with Gasteiger partial charge in [-0.05, 0) is 25.0 Å². The lowest BCUT2D eigenvalue weighted by Gasteiger charge is -2.27. The minimum atomic E-state index is -0.311. The van der Waals surface area contributed by atoms with Gasteiger partial charge in [-0.3, -0.25) is 0 Å². The van der Waals surface area contributed by atoms with E-state index in [2.05, 4.69) is 0 Å². The second-order valence-electron chi connectivity index (χ2n) is 4.76. The number of fused-ring (bicyclic) bond motifs is 1. The summed E-state index contributed by atoms with van der Waals surface area (Å²) >= 11 is 0. The third kappa shape index (κ3) is 2.93. The number of benzene rings is 1. The Bertz CT molecular complexity index is 428. The molecule has 1 N–H and O–H groups in total. The zero-order valence-corrected chi connectivity index (χ0v) is 10.7. The maximum absolute atomic E-state index is 9.09. The molecule has 5 nitrogen and oxygen atoms in total. The highest BCUT2D eigenvalue weighted by atomic mass is 16.7. The molecule has 5 heteroatoms. The van der Waals surface area contributed by atoms with Gasteiger partial charge in [0.25, 0.3) is 0 Å². The summed E-state index contributed by atoms with van der Waals surface area (Å²) in [6, 6.07) is 5.45. The summed E-state index contributed by atoms with van der Waals surface area (Å²) < 4.78 is 22.4. The van der Waals surface area contributed by atoms with Gasteiger partial charge in [-0.1, -0.05) is 0 Å². The van der Waals surface area contributed by atoms with Gasteiger partial charge in [-0.25, -0.2) is 0 Å². The van der Waals surface area contributed by atoms with Crippen LogP contribution < -0.4 is 14.2 Å². The Kier molecular flexibility index (Phi) is 3.75. The van der Waals surface area contributed by atoms with Gasteiger partial charge < -0.3 is 24.1 Å². The smallest absolute Gasteiger partial charge is 0.199 e. The molecule has 2 aliphatic rings. The maximum Gasteiger partial charge on any atom is 0.199 e. The summed E-state index contributed by atoms with van der Waals surface area (Å²) in [5.74, 6) is 1.99. The molecule has 1 saturated heterocycles. The zero-order valence-electron chi connectivity index (χ0n) is 10.7. The number of ether oxygens (including phenoxy) is 4. The highest BCUT2D eigenvalue weighted by Crippen LogP contribution is 2.35. The lowest BCUT2D eigenvalue weighted by molar-refractivity contribution is -0.106. The monoisotopic (exact) mass is 266 g/mol. The molecular formula is C14H18O5. The van der Waals surface area contributed by atoms with Crippen LogP contribution in [0.4, 0.5) is 0 Å². The molecule has 2 atom stereocenters. The molecule has 0 aliphatic carbocycles. The molecule has 1 unspecified atom stereocenters. The first-order chi connectivity index (χ1) is 9.35. The van der Waals surface area contributed by atoms with E-state index in [1.54, 1.807) is 6.07 Å². The van der Waals surface area contributed by atoms with Crippen molar-refractivity contribution in [1.82, 2.24) is 0 Å². The zero-order chi connectivity index (χ0) is 13.1. The number of aliphatic hydroxyl groups is 1. The third-order valence-corrected chi connectivity index (χ3v) is 3.24. The standard InChI is InChI=1S/C14H18O5/c15-8-11-9-17-12-5-4-10(7-13(12)18-11)19-14-3-1-2-6-16-14/h4-5,7,11,14-15H,1-3,6,8-9H2/t11-,14?/m0/s1. The fraction of sp³-hybridized carbons (Fsp3) is 0.571. The van der Waals surface area contributed by atoms with Crippen molar-refractivity contribution in [1.29, 1.82) is 0 Å². The summed E-state index contributed by atoms with van der Waals surface area (Å²) in [5.41, 5.74) is 0. The van der Waals surface area contributed by atoms with Crippen molar-refractivity contribution in [2.75, 3.05) is 19.8 Å². The molecule has 2 heterocycles. The van der Waals surface area contributed by atoms with Crippen molar-refractivity contribution in [2.45, 2.75) is 31.7 Å². The molecule has 1 fully saturated rings. The first-order valence-electron chi connectivity index (χ1n) is 6.68. The third-order valence-electron chi connectivity index (χ3n) is 3.24. The predicted octanol–water partition coefficient (Wildman–Crippen LogP) is 1.72. The molecule has 2 aliphatic heterocycles. The van der Waals surface area contributed by atoms with E-state index in [0.717, 1.165) is 25.9 Å². The second kappa shape index (κ2) is 5.67. The average Bonchev–Trinajstić information content (AvgIpc) is 2.47. The van der Waals surface area contributed by atoms with E-state index in [0.29, 0.717) is 23.9 Å². The normalized spacial score (nSPS) is 25.9. The molecule has 19 heavy (non-hydrogen) atoms. The Morgan fingerprint density at radius 2 is 2.21 bits per heavy atom. The van der Waals surface area contributed by atoms with Crippen molar-refractivity contribution in [2.24, 2.45) is 0 Å². The Hall–Kier alpha value is -1.46. The van der Waals surface area contributed by atoms with Gasteiger partial charge in [0.1, 0.15) is 12.4 Å². The van der Waals surface area contributed by atoms with Crippen LogP contribution >= 0.6 is 0 Å². The number of hydrogen-bond acceptors (Lipinski definition) is 5. The highest BCUT2D eigenvalue weighted by Gasteiger charge is 2.22. The number of hydrogen-bond donors (Lipinski definition) is 1. The Morgan fingerprint density at radius 3 is 3.00 bits per heavy atom. The van der Waals surface area contributed by atoms with Gasteiger partial charge in [0.05, 0.1) is 13.2 Å². The van der Waals surface area contributed by atoms with Crippen LogP contribution in [0.5, 0.6) is 17.2 Å². The van der Waals surface area contributed by atoms with E-state index in [-0.39, 0.29) is 19.0 Å². The molecule has 104 valence electrons. The van der Waals surface area contributed by atoms with Crippen LogP contribution in [0, 0.1) is 0 Å². The van der Waals surface area contributed by atoms with E-state index in [4.69, 9.17) is 24.1 Å². The molecule has 0 saturated carbocycles. The van der Waals surface area contributed by atoms with Crippen LogP contribution in [-0.2, 0) is 4.74 Å². The predicted molar refractivity (Wildman–Crippen MR) is 67.7 cm³/mol. The Balaban J connectivity index is 1.69. The molecule has 0 bridgehead atoms. The first-order valence-corrected chi connectivity index (χ1v) is 6.68. The lowest BCUT2D eigenvalue weighted by atomic mass is 10.2. The number of aliphatic hydroxyl groups excluding tert-OH is 1. The fourth-order valence-electron chi connectivity index (χ4n) is 2.22. The van der Waals surface area contributed by atoms with Crippen LogP contribution in [0.2, 0.25) is 0 Å². The van der Waals surface area contributed by atoms with Gasteiger partial charge in [0.15, 0.2) is 23.9 Å². The highest BCUT2D eigenvalue weighted by molar-refractivity contribution is 5.46. The average molecular weight is 266 g/mol. The van der Waals surface area contributed by atoms with Crippen molar-refractivity contribution < 1.29 is 24.1 Å². The largest absolute Gasteiger partial charge is 0.486 e. The topological polar surface area (TPSA) is 57.2 Å². The van der Waals surface area contributed by atoms with E-state index >= 15 is 0 Å². The quantitative estimate of drug-likeness (QED) is 0.902. The minimum Gasteiger partial charge on any atom is -0.486 e. The molecule has 0 spiro atoms. The van der Waals surface area contributed by atoms with Gasteiger partial charge >= 0.3 is 0 Å².